The molecule has 1 fully saturated rings. The maximum atomic E-state index is 3.41. The first-order valence-corrected chi connectivity index (χ1v) is 6.97. The Morgan fingerprint density at radius 2 is 1.67 bits per heavy atom. The molecule has 0 saturated heterocycles. The van der Waals surface area contributed by atoms with E-state index in [0.29, 0.717) is 0 Å². The van der Waals surface area contributed by atoms with Gasteiger partial charge in [-0.05, 0) is 38.1 Å². The van der Waals surface area contributed by atoms with Crippen molar-refractivity contribution in [1.82, 2.24) is 5.32 Å². The van der Waals surface area contributed by atoms with Crippen LogP contribution in [-0.4, -0.2) is 13.1 Å². The van der Waals surface area contributed by atoms with E-state index in [-0.39, 0.29) is 0 Å². The summed E-state index contributed by atoms with van der Waals surface area (Å²) in [5.41, 5.74) is 0. The van der Waals surface area contributed by atoms with E-state index in [4.69, 9.17) is 0 Å². The quantitative estimate of drug-likeness (QED) is 0.700. The molecule has 0 aromatic carbocycles. The van der Waals surface area contributed by atoms with Crippen molar-refractivity contribution in [1.29, 1.82) is 0 Å². The van der Waals surface area contributed by atoms with Gasteiger partial charge in [0.05, 0.1) is 0 Å². The summed E-state index contributed by atoms with van der Waals surface area (Å²) in [7, 11) is 2.10. The Hall–Kier alpha value is -0.0400. The van der Waals surface area contributed by atoms with Gasteiger partial charge < -0.3 is 5.32 Å². The molecule has 1 rings (SSSR count). The van der Waals surface area contributed by atoms with Gasteiger partial charge in [-0.2, -0.15) is 0 Å². The standard InChI is InChI=1S/C14H29N/c1-4-12-6-8-13(9-7-12)10-11-14(5-2)15-3/h12-15H,4-11H2,1-3H3. The van der Waals surface area contributed by atoms with Gasteiger partial charge in [0.15, 0.2) is 0 Å². The van der Waals surface area contributed by atoms with Crippen LogP contribution in [0.5, 0.6) is 0 Å². The van der Waals surface area contributed by atoms with Crippen LogP contribution >= 0.6 is 0 Å². The molecule has 0 heterocycles. The molecular weight excluding hydrogens is 182 g/mol. The summed E-state index contributed by atoms with van der Waals surface area (Å²) in [6.45, 7) is 4.63. The van der Waals surface area contributed by atoms with Crippen molar-refractivity contribution in [2.75, 3.05) is 7.05 Å². The molecule has 1 saturated carbocycles. The molecule has 1 N–H and O–H groups in total. The van der Waals surface area contributed by atoms with Crippen molar-refractivity contribution in [2.45, 2.75) is 71.3 Å². The zero-order valence-corrected chi connectivity index (χ0v) is 10.9. The first-order valence-electron chi connectivity index (χ1n) is 6.97. The van der Waals surface area contributed by atoms with Crippen LogP contribution in [0.2, 0.25) is 0 Å². The molecular formula is C14H29N. The molecule has 0 spiro atoms. The first kappa shape index (κ1) is 13.0. The fourth-order valence-electron chi connectivity index (χ4n) is 2.92. The Bertz CT molecular complexity index is 143. The van der Waals surface area contributed by atoms with Gasteiger partial charge >= 0.3 is 0 Å². The van der Waals surface area contributed by atoms with E-state index in [2.05, 4.69) is 26.2 Å². The second-order valence-corrected chi connectivity index (χ2v) is 5.27. The third-order valence-electron chi connectivity index (χ3n) is 4.37. The smallest absolute Gasteiger partial charge is 0.00615 e. The fraction of sp³-hybridized carbons (Fsp3) is 1.00. The second-order valence-electron chi connectivity index (χ2n) is 5.27. The van der Waals surface area contributed by atoms with E-state index in [0.717, 1.165) is 17.9 Å². The SMILES string of the molecule is CCC1CCC(CCC(CC)NC)CC1. The van der Waals surface area contributed by atoms with Crippen molar-refractivity contribution in [2.24, 2.45) is 11.8 Å². The average Bonchev–Trinajstić information content (AvgIpc) is 2.31. The Labute approximate surface area is 96.0 Å². The lowest BCUT2D eigenvalue weighted by Crippen LogP contribution is -2.25. The minimum absolute atomic E-state index is 0.758. The minimum atomic E-state index is 0.758. The highest BCUT2D eigenvalue weighted by Crippen LogP contribution is 2.33. The third kappa shape index (κ3) is 4.55. The van der Waals surface area contributed by atoms with E-state index >= 15 is 0 Å². The van der Waals surface area contributed by atoms with Crippen LogP contribution in [0.3, 0.4) is 0 Å². The van der Waals surface area contributed by atoms with E-state index in [1.165, 1.54) is 51.4 Å². The maximum Gasteiger partial charge on any atom is 0.00615 e. The Balaban J connectivity index is 2.12. The van der Waals surface area contributed by atoms with Crippen molar-refractivity contribution in [3.63, 3.8) is 0 Å². The van der Waals surface area contributed by atoms with Crippen LogP contribution in [0.1, 0.15) is 65.2 Å². The topological polar surface area (TPSA) is 12.0 Å². The van der Waals surface area contributed by atoms with Gasteiger partial charge in [-0.15, -0.1) is 0 Å². The highest BCUT2D eigenvalue weighted by molar-refractivity contribution is 4.73. The highest BCUT2D eigenvalue weighted by atomic mass is 14.9. The summed E-state index contributed by atoms with van der Waals surface area (Å²) >= 11 is 0. The van der Waals surface area contributed by atoms with E-state index in [1.54, 1.807) is 0 Å². The van der Waals surface area contributed by atoms with Crippen LogP contribution in [0, 0.1) is 11.8 Å². The number of rotatable bonds is 6. The van der Waals surface area contributed by atoms with Crippen molar-refractivity contribution >= 4 is 0 Å². The summed E-state index contributed by atoms with van der Waals surface area (Å²) in [4.78, 5) is 0. The zero-order chi connectivity index (χ0) is 11.1. The molecule has 0 aromatic heterocycles. The lowest BCUT2D eigenvalue weighted by molar-refractivity contribution is 0.248. The molecule has 1 heteroatoms. The average molecular weight is 211 g/mol. The van der Waals surface area contributed by atoms with Gasteiger partial charge in [0.25, 0.3) is 0 Å². The van der Waals surface area contributed by atoms with Gasteiger partial charge in [-0.3, -0.25) is 0 Å². The van der Waals surface area contributed by atoms with Crippen LogP contribution in [-0.2, 0) is 0 Å². The second kappa shape index (κ2) is 7.27. The van der Waals surface area contributed by atoms with Gasteiger partial charge in [0.2, 0.25) is 0 Å². The van der Waals surface area contributed by atoms with Crippen molar-refractivity contribution in [3.05, 3.63) is 0 Å². The molecule has 0 bridgehead atoms. The van der Waals surface area contributed by atoms with Crippen molar-refractivity contribution < 1.29 is 0 Å². The van der Waals surface area contributed by atoms with Gasteiger partial charge in [-0.1, -0.05) is 46.0 Å². The molecule has 0 amide bonds. The summed E-state index contributed by atoms with van der Waals surface area (Å²) in [6.07, 6.45) is 11.5. The molecule has 1 aliphatic rings. The fourth-order valence-corrected chi connectivity index (χ4v) is 2.92. The van der Waals surface area contributed by atoms with E-state index in [9.17, 15) is 0 Å². The van der Waals surface area contributed by atoms with Crippen LogP contribution < -0.4 is 5.32 Å². The molecule has 0 aliphatic heterocycles. The largest absolute Gasteiger partial charge is 0.317 e. The molecule has 1 aliphatic carbocycles. The Kier molecular flexibility index (Phi) is 6.31. The van der Waals surface area contributed by atoms with Gasteiger partial charge in [0, 0.05) is 6.04 Å². The Morgan fingerprint density at radius 3 is 2.13 bits per heavy atom. The van der Waals surface area contributed by atoms with Crippen LogP contribution in [0.15, 0.2) is 0 Å². The summed E-state index contributed by atoms with van der Waals surface area (Å²) < 4.78 is 0. The van der Waals surface area contributed by atoms with Gasteiger partial charge in [-0.25, -0.2) is 0 Å². The number of nitrogens with one attached hydrogen (secondary N) is 1. The molecule has 1 atom stereocenters. The number of hydrogen-bond donors (Lipinski definition) is 1. The molecule has 1 nitrogen and oxygen atoms in total. The van der Waals surface area contributed by atoms with Crippen molar-refractivity contribution in [3.8, 4) is 0 Å². The van der Waals surface area contributed by atoms with Crippen LogP contribution in [0.4, 0.5) is 0 Å². The predicted octanol–water partition coefficient (Wildman–Crippen LogP) is 3.98. The lowest BCUT2D eigenvalue weighted by Gasteiger charge is -2.28. The minimum Gasteiger partial charge on any atom is -0.317 e. The molecule has 90 valence electrons. The normalized spacial score (nSPS) is 29.0. The van der Waals surface area contributed by atoms with E-state index < -0.39 is 0 Å². The zero-order valence-electron chi connectivity index (χ0n) is 10.9. The molecule has 1 unspecified atom stereocenters. The summed E-state index contributed by atoms with van der Waals surface area (Å²) in [6, 6.07) is 0.758. The monoisotopic (exact) mass is 211 g/mol. The highest BCUT2D eigenvalue weighted by Gasteiger charge is 2.20. The molecule has 15 heavy (non-hydrogen) atoms. The Morgan fingerprint density at radius 1 is 1.07 bits per heavy atom. The molecule has 0 aromatic rings. The number of hydrogen-bond acceptors (Lipinski definition) is 1. The summed E-state index contributed by atoms with van der Waals surface area (Å²) in [5, 5.41) is 3.41. The summed E-state index contributed by atoms with van der Waals surface area (Å²) in [5.74, 6) is 2.09. The van der Waals surface area contributed by atoms with E-state index in [1.807, 2.05) is 0 Å². The lowest BCUT2D eigenvalue weighted by atomic mass is 9.78. The van der Waals surface area contributed by atoms with Crippen LogP contribution in [0.25, 0.3) is 0 Å². The maximum absolute atomic E-state index is 3.41. The third-order valence-corrected chi connectivity index (χ3v) is 4.37. The molecule has 0 radical (unpaired) electrons. The first-order chi connectivity index (χ1) is 7.30. The van der Waals surface area contributed by atoms with Gasteiger partial charge in [0.1, 0.15) is 0 Å². The predicted molar refractivity (Wildman–Crippen MR) is 68.1 cm³/mol.